The molecule has 4 heterocycles. The number of carbonyl (C=O) groups is 1. The van der Waals surface area contributed by atoms with Gasteiger partial charge >= 0.3 is 0 Å². The molecule has 1 unspecified atom stereocenters. The highest BCUT2D eigenvalue weighted by atomic mass is 35.5. The number of imidazole rings is 1. The van der Waals surface area contributed by atoms with Gasteiger partial charge in [0.15, 0.2) is 0 Å². The van der Waals surface area contributed by atoms with Gasteiger partial charge in [-0.1, -0.05) is 72.6 Å². The van der Waals surface area contributed by atoms with Crippen molar-refractivity contribution in [2.45, 2.75) is 93.7 Å². The van der Waals surface area contributed by atoms with E-state index in [-0.39, 0.29) is 38.4 Å². The number of rotatable bonds is 10. The van der Waals surface area contributed by atoms with Crippen molar-refractivity contribution >= 4 is 50.2 Å². The van der Waals surface area contributed by atoms with Gasteiger partial charge in [-0.05, 0) is 100 Å². The van der Waals surface area contributed by atoms with E-state index in [9.17, 15) is 13.2 Å². The van der Waals surface area contributed by atoms with Crippen LogP contribution in [0.2, 0.25) is 10.0 Å². The van der Waals surface area contributed by atoms with Crippen LogP contribution in [0.5, 0.6) is 0 Å². The molecule has 3 atom stereocenters. The van der Waals surface area contributed by atoms with Crippen LogP contribution >= 0.6 is 23.2 Å². The molecule has 0 aliphatic carbocycles. The fourth-order valence-corrected chi connectivity index (χ4v) is 10.9. The van der Waals surface area contributed by atoms with Gasteiger partial charge in [-0.3, -0.25) is 9.69 Å². The van der Waals surface area contributed by atoms with Crippen LogP contribution in [0.15, 0.2) is 71.6 Å². The lowest BCUT2D eigenvalue weighted by atomic mass is 9.70. The number of halogens is 2. The van der Waals surface area contributed by atoms with Gasteiger partial charge in [0.05, 0.1) is 26.6 Å². The third-order valence-electron chi connectivity index (χ3n) is 11.3. The number of amides is 1. The second-order valence-electron chi connectivity index (χ2n) is 14.1. The van der Waals surface area contributed by atoms with E-state index in [0.717, 1.165) is 50.0 Å². The van der Waals surface area contributed by atoms with Gasteiger partial charge in [0.25, 0.3) is 5.91 Å². The third kappa shape index (κ3) is 6.53. The molecule has 1 N–H and O–H groups in total. The van der Waals surface area contributed by atoms with Gasteiger partial charge in [0.2, 0.25) is 10.0 Å². The van der Waals surface area contributed by atoms with Crippen molar-refractivity contribution in [3.05, 3.63) is 93.7 Å². The molecule has 3 saturated heterocycles. The van der Waals surface area contributed by atoms with Crippen LogP contribution in [0, 0.1) is 6.92 Å². The van der Waals surface area contributed by atoms with E-state index < -0.39 is 10.0 Å². The molecule has 3 fully saturated rings. The van der Waals surface area contributed by atoms with Crippen molar-refractivity contribution in [1.82, 2.24) is 24.1 Å². The Hall–Kier alpha value is -2.95. The summed E-state index contributed by atoms with van der Waals surface area (Å²) in [5.74, 6) is 0.777. The Morgan fingerprint density at radius 1 is 0.939 bits per heavy atom. The minimum atomic E-state index is -3.88. The zero-order valence-corrected chi connectivity index (χ0v) is 30.6. The molecule has 2 bridgehead atoms. The normalized spacial score (nSPS) is 22.5. The lowest BCUT2D eigenvalue weighted by Gasteiger charge is -2.45. The third-order valence-corrected chi connectivity index (χ3v) is 13.7. The van der Waals surface area contributed by atoms with Crippen LogP contribution < -0.4 is 4.72 Å². The van der Waals surface area contributed by atoms with Gasteiger partial charge < -0.3 is 9.47 Å². The highest BCUT2D eigenvalue weighted by molar-refractivity contribution is 7.89. The van der Waals surface area contributed by atoms with Crippen molar-refractivity contribution in [2.75, 3.05) is 26.2 Å². The van der Waals surface area contributed by atoms with E-state index in [1.54, 1.807) is 4.90 Å². The number of benzene rings is 3. The number of fused-ring (bicyclic) bond motifs is 3. The summed E-state index contributed by atoms with van der Waals surface area (Å²) >= 11 is 13.1. The summed E-state index contributed by atoms with van der Waals surface area (Å²) < 4.78 is 30.9. The highest BCUT2D eigenvalue weighted by Gasteiger charge is 2.44. The Morgan fingerprint density at radius 3 is 2.31 bits per heavy atom. The number of para-hydroxylation sites is 2. The molecule has 49 heavy (non-hydrogen) atoms. The molecule has 0 spiro atoms. The SMILES string of the molecule is CCCNS(=O)(=O)c1ccc(Cl)c(C(=O)N2CCC(CCN3[C@@H]4CC[C@H]3CC(n3c(C)nc5ccccc53)C4)(c3ccccc3)CC2)c1Cl. The summed E-state index contributed by atoms with van der Waals surface area (Å²) in [6, 6.07) is 23.6. The summed E-state index contributed by atoms with van der Waals surface area (Å²) in [5.41, 5.74) is 3.61. The first-order valence-electron chi connectivity index (χ1n) is 17.6. The first-order chi connectivity index (χ1) is 23.6. The predicted octanol–water partition coefficient (Wildman–Crippen LogP) is 7.77. The molecular weight excluding hydrogens is 677 g/mol. The zero-order valence-electron chi connectivity index (χ0n) is 28.2. The Kier molecular flexibility index (Phi) is 9.85. The number of likely N-dealkylation sites (tertiary alicyclic amines) is 1. The fourth-order valence-electron chi connectivity index (χ4n) is 8.81. The van der Waals surface area contributed by atoms with Gasteiger partial charge in [-0.25, -0.2) is 18.1 Å². The predicted molar refractivity (Wildman–Crippen MR) is 196 cm³/mol. The monoisotopic (exact) mass is 721 g/mol. The highest BCUT2D eigenvalue weighted by Crippen LogP contribution is 2.45. The number of sulfonamides is 1. The molecule has 1 aromatic heterocycles. The number of aryl methyl sites for hydroxylation is 1. The van der Waals surface area contributed by atoms with Gasteiger partial charge in [-0.15, -0.1) is 0 Å². The Morgan fingerprint density at radius 2 is 1.61 bits per heavy atom. The summed E-state index contributed by atoms with van der Waals surface area (Å²) in [5, 5.41) is 0.0286. The summed E-state index contributed by atoms with van der Waals surface area (Å²) in [6.45, 7) is 6.39. The van der Waals surface area contributed by atoms with E-state index >= 15 is 0 Å². The van der Waals surface area contributed by atoms with Crippen LogP contribution in [-0.4, -0.2) is 71.9 Å². The molecule has 3 aliphatic rings. The lowest BCUT2D eigenvalue weighted by molar-refractivity contribution is 0.0607. The van der Waals surface area contributed by atoms with Crippen LogP contribution in [0.3, 0.4) is 0 Å². The van der Waals surface area contributed by atoms with Gasteiger partial charge in [0.1, 0.15) is 10.7 Å². The van der Waals surface area contributed by atoms with Crippen LogP contribution in [0.25, 0.3) is 11.0 Å². The van der Waals surface area contributed by atoms with Crippen molar-refractivity contribution in [2.24, 2.45) is 0 Å². The molecule has 4 aromatic rings. The number of piperidine rings is 2. The Bertz CT molecular complexity index is 1930. The van der Waals surface area contributed by atoms with Crippen LogP contribution in [0.1, 0.15) is 86.1 Å². The van der Waals surface area contributed by atoms with E-state index in [2.05, 4.69) is 75.7 Å². The van der Waals surface area contributed by atoms with Gasteiger partial charge in [-0.2, -0.15) is 0 Å². The number of nitrogens with zero attached hydrogens (tertiary/aromatic N) is 4. The lowest BCUT2D eigenvalue weighted by Crippen LogP contribution is -2.49. The molecule has 0 radical (unpaired) electrons. The Balaban J connectivity index is 1.07. The summed E-state index contributed by atoms with van der Waals surface area (Å²) in [6.07, 6.45) is 8.01. The number of aromatic nitrogens is 2. The largest absolute Gasteiger partial charge is 0.338 e. The van der Waals surface area contributed by atoms with Crippen LogP contribution in [-0.2, 0) is 15.4 Å². The molecule has 7 rings (SSSR count). The number of carbonyl (C=O) groups excluding carboxylic acids is 1. The van der Waals surface area contributed by atoms with E-state index in [4.69, 9.17) is 28.2 Å². The van der Waals surface area contributed by atoms with Crippen molar-refractivity contribution in [1.29, 1.82) is 0 Å². The van der Waals surface area contributed by atoms with Crippen molar-refractivity contribution < 1.29 is 13.2 Å². The molecular formula is C38H45Cl2N5O3S. The average Bonchev–Trinajstić information content (AvgIpc) is 3.56. The Labute approximate surface area is 299 Å². The first kappa shape index (κ1) is 34.5. The maximum Gasteiger partial charge on any atom is 0.256 e. The maximum absolute atomic E-state index is 13.9. The zero-order chi connectivity index (χ0) is 34.3. The number of hydrogen-bond donors (Lipinski definition) is 1. The number of hydrogen-bond acceptors (Lipinski definition) is 5. The fraction of sp³-hybridized carbons (Fsp3) is 0.474. The molecule has 0 saturated carbocycles. The smallest absolute Gasteiger partial charge is 0.256 e. The van der Waals surface area contributed by atoms with Crippen LogP contribution in [0.4, 0.5) is 0 Å². The quantitative estimate of drug-likeness (QED) is 0.181. The minimum Gasteiger partial charge on any atom is -0.338 e. The van der Waals surface area contributed by atoms with E-state index in [0.29, 0.717) is 37.6 Å². The minimum absolute atomic E-state index is 0.0512. The second-order valence-corrected chi connectivity index (χ2v) is 16.6. The first-order valence-corrected chi connectivity index (χ1v) is 19.9. The second kappa shape index (κ2) is 14.0. The van der Waals surface area contributed by atoms with E-state index in [1.807, 2.05) is 6.92 Å². The standard InChI is InChI=1S/C38H45Cl2N5O3S/c1-3-20-41-49(47,48)34-16-15-31(39)35(36(34)40)37(46)43-21-17-38(18-22-43,27-9-5-4-6-10-27)19-23-44-28-13-14-29(44)25-30(24-28)45-26(2)42-32-11-7-8-12-33(32)45/h4-12,15-16,28-30,41H,3,13-14,17-25H2,1-2H3/t28-,29+,30?. The topological polar surface area (TPSA) is 87.5 Å². The summed E-state index contributed by atoms with van der Waals surface area (Å²) in [7, 11) is -3.88. The van der Waals surface area contributed by atoms with Gasteiger partial charge in [0, 0.05) is 37.8 Å². The molecule has 8 nitrogen and oxygen atoms in total. The van der Waals surface area contributed by atoms with E-state index in [1.165, 1.54) is 36.1 Å². The van der Waals surface area contributed by atoms with Crippen molar-refractivity contribution in [3.63, 3.8) is 0 Å². The average molecular weight is 723 g/mol. The molecule has 11 heteroatoms. The maximum atomic E-state index is 13.9. The molecule has 3 aromatic carbocycles. The van der Waals surface area contributed by atoms with Crippen molar-refractivity contribution in [3.8, 4) is 0 Å². The number of nitrogens with one attached hydrogen (secondary N) is 1. The summed E-state index contributed by atoms with van der Waals surface area (Å²) in [4.78, 5) is 23.3. The molecule has 260 valence electrons. The molecule has 1 amide bonds. The molecule has 3 aliphatic heterocycles.